The third kappa shape index (κ3) is 2.07. The fourth-order valence-corrected chi connectivity index (χ4v) is 5.33. The molecular weight excluding hydrogens is 264 g/mol. The maximum Gasteiger partial charge on any atom is 0.319 e. The summed E-state index contributed by atoms with van der Waals surface area (Å²) in [6.07, 6.45) is 13.2. The lowest BCUT2D eigenvalue weighted by molar-refractivity contribution is -0.303. The molecule has 0 aromatic carbocycles. The SMILES string of the molecule is CCCCC1(C2(O)CCCCC2)C(=O)OC12CCCCC2. The van der Waals surface area contributed by atoms with Crippen LogP contribution in [0.15, 0.2) is 0 Å². The van der Waals surface area contributed by atoms with Crippen LogP contribution in [0.5, 0.6) is 0 Å². The van der Waals surface area contributed by atoms with Gasteiger partial charge in [-0.3, -0.25) is 4.79 Å². The molecule has 2 saturated carbocycles. The average Bonchev–Trinajstić information content (AvgIpc) is 2.49. The van der Waals surface area contributed by atoms with Gasteiger partial charge in [0.2, 0.25) is 0 Å². The normalized spacial score (nSPS) is 34.3. The minimum absolute atomic E-state index is 0.0951. The fraction of sp³-hybridized carbons (Fsp3) is 0.944. The molecule has 0 amide bonds. The Morgan fingerprint density at radius 1 is 1.00 bits per heavy atom. The largest absolute Gasteiger partial charge is 0.457 e. The second-order valence-electron chi connectivity index (χ2n) is 7.55. The first-order valence-corrected chi connectivity index (χ1v) is 9.06. The summed E-state index contributed by atoms with van der Waals surface area (Å²) in [7, 11) is 0. The smallest absolute Gasteiger partial charge is 0.319 e. The first kappa shape index (κ1) is 15.3. The van der Waals surface area contributed by atoms with E-state index >= 15 is 0 Å². The highest BCUT2D eigenvalue weighted by Crippen LogP contribution is 2.64. The molecule has 1 unspecified atom stereocenters. The van der Waals surface area contributed by atoms with Crippen molar-refractivity contribution in [2.75, 3.05) is 0 Å². The van der Waals surface area contributed by atoms with Gasteiger partial charge >= 0.3 is 5.97 Å². The molecule has 1 saturated heterocycles. The van der Waals surface area contributed by atoms with Crippen LogP contribution in [-0.2, 0) is 9.53 Å². The maximum atomic E-state index is 12.7. The summed E-state index contributed by atoms with van der Waals surface area (Å²) in [5, 5.41) is 11.5. The average molecular weight is 294 g/mol. The van der Waals surface area contributed by atoms with E-state index in [-0.39, 0.29) is 11.6 Å². The number of aliphatic hydroxyl groups is 1. The Labute approximate surface area is 128 Å². The zero-order valence-electron chi connectivity index (χ0n) is 13.5. The zero-order chi connectivity index (χ0) is 15.0. The molecule has 0 radical (unpaired) electrons. The molecule has 2 aliphatic carbocycles. The van der Waals surface area contributed by atoms with E-state index < -0.39 is 11.0 Å². The van der Waals surface area contributed by atoms with E-state index in [0.717, 1.165) is 70.6 Å². The third-order valence-electron chi connectivity index (χ3n) is 6.46. The topological polar surface area (TPSA) is 46.5 Å². The lowest BCUT2D eigenvalue weighted by Gasteiger charge is -2.65. The van der Waals surface area contributed by atoms with Gasteiger partial charge in [-0.05, 0) is 44.9 Å². The summed E-state index contributed by atoms with van der Waals surface area (Å²) in [5.74, 6) is -0.0951. The van der Waals surface area contributed by atoms with Crippen LogP contribution in [0.4, 0.5) is 0 Å². The molecule has 120 valence electrons. The number of unbranched alkanes of at least 4 members (excludes halogenated alkanes) is 1. The van der Waals surface area contributed by atoms with Crippen molar-refractivity contribution in [2.45, 2.75) is 102 Å². The first-order chi connectivity index (χ1) is 10.1. The van der Waals surface area contributed by atoms with Crippen molar-refractivity contribution in [1.29, 1.82) is 0 Å². The van der Waals surface area contributed by atoms with Crippen molar-refractivity contribution in [3.63, 3.8) is 0 Å². The quantitative estimate of drug-likeness (QED) is 0.793. The molecule has 1 aliphatic heterocycles. The molecule has 3 fully saturated rings. The number of rotatable bonds is 4. The van der Waals surface area contributed by atoms with Crippen LogP contribution in [0.1, 0.15) is 90.4 Å². The van der Waals surface area contributed by atoms with Crippen LogP contribution in [0, 0.1) is 5.41 Å². The van der Waals surface area contributed by atoms with Crippen molar-refractivity contribution < 1.29 is 14.6 Å². The monoisotopic (exact) mass is 294 g/mol. The van der Waals surface area contributed by atoms with E-state index in [1.807, 2.05) is 0 Å². The van der Waals surface area contributed by atoms with Gasteiger partial charge in [0.15, 0.2) is 0 Å². The summed E-state index contributed by atoms with van der Waals surface area (Å²) >= 11 is 0. The maximum absolute atomic E-state index is 12.7. The predicted molar refractivity (Wildman–Crippen MR) is 81.9 cm³/mol. The number of hydrogen-bond acceptors (Lipinski definition) is 3. The van der Waals surface area contributed by atoms with Gasteiger partial charge in [0.25, 0.3) is 0 Å². The Morgan fingerprint density at radius 3 is 2.10 bits per heavy atom. The number of carbonyl (C=O) groups is 1. The molecule has 1 heterocycles. The molecule has 0 aromatic heterocycles. The van der Waals surface area contributed by atoms with E-state index in [9.17, 15) is 9.90 Å². The summed E-state index contributed by atoms with van der Waals surface area (Å²) in [4.78, 5) is 12.7. The molecule has 3 rings (SSSR count). The Balaban J connectivity index is 1.96. The van der Waals surface area contributed by atoms with Crippen LogP contribution in [0.3, 0.4) is 0 Å². The van der Waals surface area contributed by atoms with E-state index in [4.69, 9.17) is 4.74 Å². The second kappa shape index (κ2) is 5.57. The summed E-state index contributed by atoms with van der Waals surface area (Å²) in [6.45, 7) is 2.16. The Morgan fingerprint density at radius 2 is 1.57 bits per heavy atom. The van der Waals surface area contributed by atoms with Gasteiger partial charge < -0.3 is 9.84 Å². The van der Waals surface area contributed by atoms with Crippen molar-refractivity contribution in [3.05, 3.63) is 0 Å². The van der Waals surface area contributed by atoms with E-state index in [1.54, 1.807) is 0 Å². The minimum atomic E-state index is -0.812. The molecule has 1 N–H and O–H groups in total. The summed E-state index contributed by atoms with van der Waals surface area (Å²) < 4.78 is 5.80. The van der Waals surface area contributed by atoms with E-state index in [0.29, 0.717) is 0 Å². The van der Waals surface area contributed by atoms with Crippen LogP contribution >= 0.6 is 0 Å². The van der Waals surface area contributed by atoms with Crippen LogP contribution in [0.25, 0.3) is 0 Å². The van der Waals surface area contributed by atoms with Gasteiger partial charge in [-0.1, -0.05) is 45.4 Å². The van der Waals surface area contributed by atoms with Crippen molar-refractivity contribution in [3.8, 4) is 0 Å². The van der Waals surface area contributed by atoms with Gasteiger partial charge in [-0.2, -0.15) is 0 Å². The Hall–Kier alpha value is -0.570. The molecule has 1 atom stereocenters. The Bertz CT molecular complexity index is 371. The highest BCUT2D eigenvalue weighted by Gasteiger charge is 2.75. The zero-order valence-corrected chi connectivity index (χ0v) is 13.5. The van der Waals surface area contributed by atoms with Crippen LogP contribution in [0.2, 0.25) is 0 Å². The van der Waals surface area contributed by atoms with Crippen molar-refractivity contribution in [1.82, 2.24) is 0 Å². The highest BCUT2D eigenvalue weighted by molar-refractivity contribution is 5.86. The third-order valence-corrected chi connectivity index (χ3v) is 6.46. The second-order valence-corrected chi connectivity index (χ2v) is 7.55. The lowest BCUT2D eigenvalue weighted by Crippen LogP contribution is -2.76. The lowest BCUT2D eigenvalue weighted by atomic mass is 9.49. The standard InChI is InChI=1S/C18H30O3/c1-2-3-14-18(16(20)10-6-4-7-11-16)15(19)21-17(18)12-8-5-9-13-17/h20H,2-14H2,1H3. The molecule has 3 heteroatoms. The molecule has 0 aromatic rings. The van der Waals surface area contributed by atoms with E-state index in [1.165, 1.54) is 12.8 Å². The molecule has 3 aliphatic rings. The number of ether oxygens (including phenoxy) is 1. The van der Waals surface area contributed by atoms with Gasteiger partial charge in [-0.25, -0.2) is 0 Å². The number of hydrogen-bond donors (Lipinski definition) is 1. The number of carbonyl (C=O) groups excluding carboxylic acids is 1. The molecule has 1 spiro atoms. The van der Waals surface area contributed by atoms with Gasteiger partial charge in [0.1, 0.15) is 11.0 Å². The van der Waals surface area contributed by atoms with Crippen molar-refractivity contribution >= 4 is 5.97 Å². The van der Waals surface area contributed by atoms with Gasteiger partial charge in [0, 0.05) is 0 Å². The fourth-order valence-electron chi connectivity index (χ4n) is 5.33. The van der Waals surface area contributed by atoms with E-state index in [2.05, 4.69) is 6.92 Å². The highest BCUT2D eigenvalue weighted by atomic mass is 16.6. The minimum Gasteiger partial charge on any atom is -0.457 e. The van der Waals surface area contributed by atoms with Crippen molar-refractivity contribution in [2.24, 2.45) is 5.41 Å². The summed E-state index contributed by atoms with van der Waals surface area (Å²) in [5.41, 5.74) is -1.76. The molecule has 21 heavy (non-hydrogen) atoms. The molecule has 0 bridgehead atoms. The predicted octanol–water partition coefficient (Wildman–Crippen LogP) is 4.12. The van der Waals surface area contributed by atoms with Crippen LogP contribution < -0.4 is 0 Å². The van der Waals surface area contributed by atoms with Gasteiger partial charge in [0.05, 0.1) is 5.60 Å². The first-order valence-electron chi connectivity index (χ1n) is 9.06. The number of esters is 1. The van der Waals surface area contributed by atoms with Crippen LogP contribution in [-0.4, -0.2) is 22.3 Å². The van der Waals surface area contributed by atoms with Gasteiger partial charge in [-0.15, -0.1) is 0 Å². The molecule has 3 nitrogen and oxygen atoms in total. The molecular formula is C18H30O3. The Kier molecular flexibility index (Phi) is 4.06. The summed E-state index contributed by atoms with van der Waals surface area (Å²) in [6, 6.07) is 0.